The van der Waals surface area contributed by atoms with Crippen LogP contribution in [0, 0.1) is 23.7 Å². The van der Waals surface area contributed by atoms with Gasteiger partial charge in [0.05, 0.1) is 6.61 Å². The highest BCUT2D eigenvalue weighted by molar-refractivity contribution is 5.35. The molecule has 2 aliphatic heterocycles. The van der Waals surface area contributed by atoms with Crippen molar-refractivity contribution in [3.63, 3.8) is 0 Å². The molecule has 0 saturated carbocycles. The molecule has 2 aliphatic rings. The largest absolute Gasteiger partial charge is 0.458 e. The summed E-state index contributed by atoms with van der Waals surface area (Å²) in [7, 11) is 0. The maximum absolute atomic E-state index is 5.67. The summed E-state index contributed by atoms with van der Waals surface area (Å²) in [4.78, 5) is 0. The number of rotatable bonds is 0. The van der Waals surface area contributed by atoms with Gasteiger partial charge in [-0.2, -0.15) is 0 Å². The van der Waals surface area contributed by atoms with Crippen molar-refractivity contribution < 1.29 is 9.47 Å². The Kier molecular flexibility index (Phi) is 2.81. The van der Waals surface area contributed by atoms with E-state index in [0.29, 0.717) is 0 Å². The van der Waals surface area contributed by atoms with E-state index in [1.165, 1.54) is 0 Å². The van der Waals surface area contributed by atoms with Crippen molar-refractivity contribution in [2.45, 2.75) is 25.6 Å². The molecule has 0 radical (unpaired) electrons. The molecule has 0 aromatic carbocycles. The van der Waals surface area contributed by atoms with Gasteiger partial charge in [-0.1, -0.05) is 11.8 Å². The Labute approximate surface area is 90.0 Å². The lowest BCUT2D eigenvalue weighted by atomic mass is 10.2. The predicted octanol–water partition coefficient (Wildman–Crippen LogP) is 1.99. The average molecular weight is 200 g/mol. The van der Waals surface area contributed by atoms with E-state index < -0.39 is 5.79 Å². The number of ether oxygens (including phenoxy) is 2. The van der Waals surface area contributed by atoms with Gasteiger partial charge >= 0.3 is 0 Å². The van der Waals surface area contributed by atoms with Gasteiger partial charge in [0.25, 0.3) is 0 Å². The molecular formula is C13H12O2. The molecule has 0 aromatic rings. The molecule has 1 fully saturated rings. The molecule has 0 aliphatic carbocycles. The van der Waals surface area contributed by atoms with E-state index >= 15 is 0 Å². The van der Waals surface area contributed by atoms with Crippen LogP contribution in [0.5, 0.6) is 0 Å². The Hall–Kier alpha value is -1.64. The molecule has 2 rings (SSSR count). The summed E-state index contributed by atoms with van der Waals surface area (Å²) >= 11 is 0. The van der Waals surface area contributed by atoms with Crippen LogP contribution in [0.3, 0.4) is 0 Å². The molecule has 76 valence electrons. The number of allylic oxidation sites excluding steroid dienone is 2. The maximum atomic E-state index is 5.67. The zero-order valence-electron chi connectivity index (χ0n) is 8.67. The number of hydrogen-bond donors (Lipinski definition) is 0. The topological polar surface area (TPSA) is 18.5 Å². The lowest BCUT2D eigenvalue weighted by Crippen LogP contribution is -2.24. The predicted molar refractivity (Wildman–Crippen MR) is 57.5 cm³/mol. The maximum Gasteiger partial charge on any atom is 0.230 e. The van der Waals surface area contributed by atoms with Crippen LogP contribution in [0.25, 0.3) is 0 Å². The highest BCUT2D eigenvalue weighted by atomic mass is 16.7. The molecule has 1 atom stereocenters. The number of hydrogen-bond acceptors (Lipinski definition) is 2. The fourth-order valence-electron chi connectivity index (χ4n) is 1.61. The van der Waals surface area contributed by atoms with Crippen molar-refractivity contribution in [3.8, 4) is 23.7 Å². The SMILES string of the molecule is CC#CC#CC=C1C=C[C@@]2(CCCO2)O1. The van der Waals surface area contributed by atoms with Gasteiger partial charge in [-0.05, 0) is 37.3 Å². The second kappa shape index (κ2) is 4.26. The molecule has 0 N–H and O–H groups in total. The standard InChI is InChI=1S/C13H12O2/c1-2-3-4-5-7-12-8-10-13(15-12)9-6-11-14-13/h7-8,10H,6,9,11H2,1H3/t13-/m1/s1. The molecule has 0 amide bonds. The minimum Gasteiger partial charge on any atom is -0.458 e. The summed E-state index contributed by atoms with van der Waals surface area (Å²) in [5.41, 5.74) is 0. The highest BCUT2D eigenvalue weighted by Gasteiger charge is 2.38. The van der Waals surface area contributed by atoms with Crippen LogP contribution in [0.4, 0.5) is 0 Å². The third-order valence-electron chi connectivity index (χ3n) is 2.28. The first kappa shape index (κ1) is 9.90. The molecule has 15 heavy (non-hydrogen) atoms. The monoisotopic (exact) mass is 200 g/mol. The fourth-order valence-corrected chi connectivity index (χ4v) is 1.61. The Morgan fingerprint density at radius 3 is 3.13 bits per heavy atom. The smallest absolute Gasteiger partial charge is 0.230 e. The molecule has 2 nitrogen and oxygen atoms in total. The van der Waals surface area contributed by atoms with Crippen molar-refractivity contribution in [3.05, 3.63) is 24.0 Å². The Morgan fingerprint density at radius 1 is 1.47 bits per heavy atom. The van der Waals surface area contributed by atoms with E-state index in [1.54, 1.807) is 13.0 Å². The van der Waals surface area contributed by atoms with Crippen LogP contribution in [-0.2, 0) is 9.47 Å². The molecular weight excluding hydrogens is 188 g/mol. The molecule has 1 saturated heterocycles. The van der Waals surface area contributed by atoms with Crippen molar-refractivity contribution in [1.29, 1.82) is 0 Å². The zero-order valence-corrected chi connectivity index (χ0v) is 8.67. The summed E-state index contributed by atoms with van der Waals surface area (Å²) in [5.74, 6) is 11.1. The van der Waals surface area contributed by atoms with Crippen molar-refractivity contribution in [2.75, 3.05) is 6.61 Å². The van der Waals surface area contributed by atoms with Gasteiger partial charge in [0, 0.05) is 12.5 Å². The average Bonchev–Trinajstić information content (AvgIpc) is 2.85. The fraction of sp³-hybridized carbons (Fsp3) is 0.385. The van der Waals surface area contributed by atoms with Crippen LogP contribution in [-0.4, -0.2) is 12.4 Å². The summed E-state index contributed by atoms with van der Waals surface area (Å²) < 4.78 is 11.2. The first-order valence-electron chi connectivity index (χ1n) is 4.99. The normalized spacial score (nSPS) is 29.5. The summed E-state index contributed by atoms with van der Waals surface area (Å²) in [5, 5.41) is 0. The second-order valence-electron chi connectivity index (χ2n) is 3.39. The van der Waals surface area contributed by atoms with Crippen LogP contribution in [0.15, 0.2) is 24.0 Å². The molecule has 2 heterocycles. The van der Waals surface area contributed by atoms with Crippen molar-refractivity contribution >= 4 is 0 Å². The van der Waals surface area contributed by atoms with E-state index in [4.69, 9.17) is 9.47 Å². The summed E-state index contributed by atoms with van der Waals surface area (Å²) in [6, 6.07) is 0. The van der Waals surface area contributed by atoms with Crippen molar-refractivity contribution in [2.24, 2.45) is 0 Å². The van der Waals surface area contributed by atoms with Crippen LogP contribution in [0.1, 0.15) is 19.8 Å². The van der Waals surface area contributed by atoms with Crippen LogP contribution in [0.2, 0.25) is 0 Å². The summed E-state index contributed by atoms with van der Waals surface area (Å²) in [6.07, 6.45) is 7.54. The van der Waals surface area contributed by atoms with Gasteiger partial charge in [-0.15, -0.1) is 0 Å². The first-order valence-corrected chi connectivity index (χ1v) is 4.99. The highest BCUT2D eigenvalue weighted by Crippen LogP contribution is 2.35. The van der Waals surface area contributed by atoms with E-state index in [-0.39, 0.29) is 0 Å². The van der Waals surface area contributed by atoms with Crippen molar-refractivity contribution in [1.82, 2.24) is 0 Å². The lowest BCUT2D eigenvalue weighted by Gasteiger charge is -2.20. The van der Waals surface area contributed by atoms with Gasteiger partial charge in [0.2, 0.25) is 5.79 Å². The van der Waals surface area contributed by atoms with E-state index in [9.17, 15) is 0 Å². The Morgan fingerprint density at radius 2 is 2.40 bits per heavy atom. The molecule has 2 heteroatoms. The third-order valence-corrected chi connectivity index (χ3v) is 2.28. The summed E-state index contributed by atoms with van der Waals surface area (Å²) in [6.45, 7) is 2.53. The third kappa shape index (κ3) is 2.24. The van der Waals surface area contributed by atoms with Gasteiger partial charge < -0.3 is 9.47 Å². The Balaban J connectivity index is 2.01. The van der Waals surface area contributed by atoms with Gasteiger partial charge in [0.15, 0.2) is 0 Å². The quantitative estimate of drug-likeness (QED) is 0.557. The van der Waals surface area contributed by atoms with Crippen LogP contribution < -0.4 is 0 Å². The molecule has 0 bridgehead atoms. The molecule has 0 unspecified atom stereocenters. The van der Waals surface area contributed by atoms with E-state index in [2.05, 4.69) is 23.7 Å². The Bertz CT molecular complexity index is 415. The van der Waals surface area contributed by atoms with E-state index in [0.717, 1.165) is 25.2 Å². The zero-order chi connectivity index (χ0) is 10.6. The van der Waals surface area contributed by atoms with Crippen LogP contribution >= 0.6 is 0 Å². The van der Waals surface area contributed by atoms with E-state index in [1.807, 2.05) is 12.2 Å². The van der Waals surface area contributed by atoms with Gasteiger partial charge in [-0.3, -0.25) is 0 Å². The first-order chi connectivity index (χ1) is 7.35. The lowest BCUT2D eigenvalue weighted by molar-refractivity contribution is -0.135. The molecule has 1 spiro atoms. The molecule has 0 aromatic heterocycles. The minimum absolute atomic E-state index is 0.496. The second-order valence-corrected chi connectivity index (χ2v) is 3.39. The minimum atomic E-state index is -0.496. The van der Waals surface area contributed by atoms with Gasteiger partial charge in [-0.25, -0.2) is 0 Å². The van der Waals surface area contributed by atoms with Gasteiger partial charge in [0.1, 0.15) is 5.76 Å².